The van der Waals surface area contributed by atoms with Gasteiger partial charge in [0.2, 0.25) is 0 Å². The lowest BCUT2D eigenvalue weighted by Gasteiger charge is -2.21. The number of para-hydroxylation sites is 1. The van der Waals surface area contributed by atoms with Crippen molar-refractivity contribution in [3.8, 4) is 56.4 Å². The maximum absolute atomic E-state index is 7.21. The first-order valence-electron chi connectivity index (χ1n) is 13.8. The molecule has 0 aliphatic rings. The zero-order valence-electron chi connectivity index (χ0n) is 22.6. The molecule has 0 unspecified atom stereocenters. The monoisotopic (exact) mass is 527 g/mol. The molecule has 3 heteroatoms. The highest BCUT2D eigenvalue weighted by Crippen LogP contribution is 2.39. The van der Waals surface area contributed by atoms with E-state index in [2.05, 4.69) is 149 Å². The maximum Gasteiger partial charge on any atom is 0.0803 e. The number of nitrogens with two attached hydrogens (primary N) is 1. The number of hydrogen-bond acceptors (Lipinski definition) is 1. The van der Waals surface area contributed by atoms with Crippen LogP contribution in [0.15, 0.2) is 164 Å². The molecule has 0 bridgehead atoms. The lowest BCUT2D eigenvalue weighted by molar-refractivity contribution is 1.06. The summed E-state index contributed by atoms with van der Waals surface area (Å²) >= 11 is 0. The van der Waals surface area contributed by atoms with Gasteiger partial charge in [0.25, 0.3) is 0 Å². The first-order chi connectivity index (χ1) is 20.3. The molecule has 196 valence electrons. The van der Waals surface area contributed by atoms with Gasteiger partial charge in [-0.1, -0.05) is 127 Å². The minimum atomic E-state index is 0.712. The second-order valence-electron chi connectivity index (χ2n) is 10.1. The van der Waals surface area contributed by atoms with Crippen molar-refractivity contribution in [2.45, 2.75) is 0 Å². The van der Waals surface area contributed by atoms with Gasteiger partial charge in [0.15, 0.2) is 0 Å². The summed E-state index contributed by atoms with van der Waals surface area (Å²) in [7, 11) is 0. The number of nitrogen functional groups attached to an aromatic ring is 1. The molecule has 0 saturated carbocycles. The topological polar surface area (TPSA) is 35.9 Å². The number of nitrogens with zero attached hydrogens (tertiary/aromatic N) is 2. The molecule has 0 amide bonds. The SMILES string of the molecule is Nc1c(-n2c(-c3ccccc3)ccc2-c2ccccc2)cccc1-n1c(-c2ccccc2)ccc1-c1ccccc1. The van der Waals surface area contributed by atoms with Crippen LogP contribution in [-0.2, 0) is 0 Å². The summed E-state index contributed by atoms with van der Waals surface area (Å²) in [4.78, 5) is 0. The molecular formula is C38H29N3. The van der Waals surface area contributed by atoms with Crippen molar-refractivity contribution in [2.24, 2.45) is 0 Å². The van der Waals surface area contributed by atoms with E-state index in [0.29, 0.717) is 5.69 Å². The van der Waals surface area contributed by atoms with Crippen molar-refractivity contribution in [1.29, 1.82) is 0 Å². The van der Waals surface area contributed by atoms with Gasteiger partial charge in [-0.2, -0.15) is 0 Å². The van der Waals surface area contributed by atoms with E-state index in [1.807, 2.05) is 24.3 Å². The van der Waals surface area contributed by atoms with Crippen LogP contribution in [0.2, 0.25) is 0 Å². The van der Waals surface area contributed by atoms with Crippen LogP contribution in [0.1, 0.15) is 0 Å². The van der Waals surface area contributed by atoms with Crippen molar-refractivity contribution in [3.63, 3.8) is 0 Å². The maximum atomic E-state index is 7.21. The second kappa shape index (κ2) is 10.6. The van der Waals surface area contributed by atoms with Crippen LogP contribution in [0, 0.1) is 0 Å². The fourth-order valence-corrected chi connectivity index (χ4v) is 5.66. The zero-order valence-corrected chi connectivity index (χ0v) is 22.6. The van der Waals surface area contributed by atoms with Crippen molar-refractivity contribution in [2.75, 3.05) is 5.73 Å². The summed E-state index contributed by atoms with van der Waals surface area (Å²) in [6.45, 7) is 0. The molecule has 2 N–H and O–H groups in total. The molecule has 0 radical (unpaired) electrons. The molecule has 7 rings (SSSR count). The molecule has 2 heterocycles. The lowest BCUT2D eigenvalue weighted by Crippen LogP contribution is -2.09. The Bertz CT molecular complexity index is 1660. The van der Waals surface area contributed by atoms with Gasteiger partial charge in [-0.3, -0.25) is 0 Å². The Morgan fingerprint density at radius 3 is 0.829 bits per heavy atom. The van der Waals surface area contributed by atoms with Crippen molar-refractivity contribution >= 4 is 5.69 Å². The highest BCUT2D eigenvalue weighted by atomic mass is 15.1. The molecule has 0 spiro atoms. The van der Waals surface area contributed by atoms with Gasteiger partial charge in [0.05, 0.1) is 39.8 Å². The highest BCUT2D eigenvalue weighted by Gasteiger charge is 2.20. The van der Waals surface area contributed by atoms with E-state index in [-0.39, 0.29) is 0 Å². The van der Waals surface area contributed by atoms with Gasteiger partial charge in [0, 0.05) is 0 Å². The Balaban J connectivity index is 1.49. The van der Waals surface area contributed by atoms with E-state index in [9.17, 15) is 0 Å². The third-order valence-corrected chi connectivity index (χ3v) is 7.58. The summed E-state index contributed by atoms with van der Waals surface area (Å²) in [6, 6.07) is 57.0. The average molecular weight is 528 g/mol. The number of hydrogen-bond donors (Lipinski definition) is 1. The van der Waals surface area contributed by atoms with Crippen LogP contribution in [0.25, 0.3) is 56.4 Å². The summed E-state index contributed by atoms with van der Waals surface area (Å²) in [5.41, 5.74) is 18.7. The molecule has 0 aliphatic carbocycles. The first-order valence-corrected chi connectivity index (χ1v) is 13.8. The molecule has 3 nitrogen and oxygen atoms in total. The van der Waals surface area contributed by atoms with Crippen LogP contribution in [0.4, 0.5) is 5.69 Å². The molecule has 0 fully saturated rings. The van der Waals surface area contributed by atoms with Gasteiger partial charge >= 0.3 is 0 Å². The second-order valence-corrected chi connectivity index (χ2v) is 10.1. The normalized spacial score (nSPS) is 11.0. The fourth-order valence-electron chi connectivity index (χ4n) is 5.66. The Labute approximate surface area is 240 Å². The third kappa shape index (κ3) is 4.44. The lowest BCUT2D eigenvalue weighted by atomic mass is 10.1. The van der Waals surface area contributed by atoms with Crippen molar-refractivity contribution < 1.29 is 0 Å². The number of benzene rings is 5. The van der Waals surface area contributed by atoms with Crippen LogP contribution < -0.4 is 5.73 Å². The van der Waals surface area contributed by atoms with Crippen molar-refractivity contribution in [1.82, 2.24) is 9.13 Å². The number of anilines is 1. The minimum Gasteiger partial charge on any atom is -0.395 e. The Morgan fingerprint density at radius 1 is 0.293 bits per heavy atom. The zero-order chi connectivity index (χ0) is 27.6. The van der Waals surface area contributed by atoms with E-state index in [1.165, 1.54) is 0 Å². The Kier molecular flexibility index (Phi) is 6.31. The summed E-state index contributed by atoms with van der Waals surface area (Å²) < 4.78 is 4.58. The first kappa shape index (κ1) is 24.5. The van der Waals surface area contributed by atoms with Gasteiger partial charge < -0.3 is 14.9 Å². The molecule has 0 aliphatic heterocycles. The van der Waals surface area contributed by atoms with E-state index < -0.39 is 0 Å². The van der Waals surface area contributed by atoms with Gasteiger partial charge in [-0.05, 0) is 58.7 Å². The quantitative estimate of drug-likeness (QED) is 0.215. The highest BCUT2D eigenvalue weighted by molar-refractivity contribution is 5.82. The van der Waals surface area contributed by atoms with Crippen LogP contribution in [-0.4, -0.2) is 9.13 Å². The molecule has 41 heavy (non-hydrogen) atoms. The van der Waals surface area contributed by atoms with Crippen LogP contribution in [0.5, 0.6) is 0 Å². The minimum absolute atomic E-state index is 0.712. The third-order valence-electron chi connectivity index (χ3n) is 7.58. The smallest absolute Gasteiger partial charge is 0.0803 e. The van der Waals surface area contributed by atoms with E-state index in [1.54, 1.807) is 0 Å². The molecule has 0 saturated heterocycles. The Morgan fingerprint density at radius 2 is 0.561 bits per heavy atom. The van der Waals surface area contributed by atoms with Gasteiger partial charge in [-0.15, -0.1) is 0 Å². The largest absolute Gasteiger partial charge is 0.395 e. The van der Waals surface area contributed by atoms with E-state index >= 15 is 0 Å². The Hall–Kier alpha value is -5.54. The van der Waals surface area contributed by atoms with Gasteiger partial charge in [0.1, 0.15) is 0 Å². The summed E-state index contributed by atoms with van der Waals surface area (Å²) in [6.07, 6.45) is 0. The predicted octanol–water partition coefficient (Wildman–Crippen LogP) is 9.52. The van der Waals surface area contributed by atoms with Crippen LogP contribution in [0.3, 0.4) is 0 Å². The fraction of sp³-hybridized carbons (Fsp3) is 0. The molecule has 2 aromatic heterocycles. The van der Waals surface area contributed by atoms with Crippen LogP contribution >= 0.6 is 0 Å². The van der Waals surface area contributed by atoms with E-state index in [4.69, 9.17) is 5.73 Å². The van der Waals surface area contributed by atoms with Crippen molar-refractivity contribution in [3.05, 3.63) is 164 Å². The molecule has 5 aromatic carbocycles. The number of aromatic nitrogens is 2. The van der Waals surface area contributed by atoms with Gasteiger partial charge in [-0.25, -0.2) is 0 Å². The summed E-state index contributed by atoms with van der Waals surface area (Å²) in [5, 5.41) is 0. The summed E-state index contributed by atoms with van der Waals surface area (Å²) in [5.74, 6) is 0. The molecule has 0 atom stereocenters. The number of rotatable bonds is 6. The molecule has 7 aromatic rings. The average Bonchev–Trinajstić information content (AvgIpc) is 3.69. The molecular weight excluding hydrogens is 498 g/mol. The van der Waals surface area contributed by atoms with E-state index in [0.717, 1.165) is 56.4 Å². The predicted molar refractivity (Wildman–Crippen MR) is 171 cm³/mol. The standard InChI is InChI=1S/C38H29N3/c39-38-36(40-32(28-14-5-1-6-15-28)24-25-33(40)29-16-7-2-8-17-29)22-13-23-37(38)41-34(30-18-9-3-10-19-30)26-27-35(41)31-20-11-4-12-21-31/h1-27H,39H2.